The standard InChI is InChI=1S/C26H26N2O5/c1-16-5-9-19(10-6-16)23(29)22-18(3)21(15-27)24(30)28(25(22)31)13-4-14-33-26(32)20-11-7-17(2)8-12-20/h5-12,22,24,30H,4,13-14H2,1-3H3/t22-,24+/m1/s1. The molecule has 1 aliphatic heterocycles. The monoisotopic (exact) mass is 446 g/mol. The number of ether oxygens (including phenoxy) is 1. The van der Waals surface area contributed by atoms with Crippen molar-refractivity contribution in [2.45, 2.75) is 33.4 Å². The quantitative estimate of drug-likeness (QED) is 0.302. The lowest BCUT2D eigenvalue weighted by molar-refractivity contribution is -0.142. The van der Waals surface area contributed by atoms with Crippen molar-refractivity contribution in [3.63, 3.8) is 0 Å². The summed E-state index contributed by atoms with van der Waals surface area (Å²) in [5, 5.41) is 20.1. The Labute approximate surface area is 192 Å². The second-order valence-electron chi connectivity index (χ2n) is 8.13. The first-order chi connectivity index (χ1) is 15.7. The fourth-order valence-corrected chi connectivity index (χ4v) is 3.73. The molecule has 1 amide bonds. The minimum absolute atomic E-state index is 0.0169. The summed E-state index contributed by atoms with van der Waals surface area (Å²) in [6.07, 6.45) is -1.21. The molecular weight excluding hydrogens is 420 g/mol. The summed E-state index contributed by atoms with van der Waals surface area (Å²) in [7, 11) is 0. The Balaban J connectivity index is 1.70. The summed E-state index contributed by atoms with van der Waals surface area (Å²) in [4.78, 5) is 39.5. The third-order valence-electron chi connectivity index (χ3n) is 5.72. The Kier molecular flexibility index (Phi) is 7.41. The number of nitriles is 1. The van der Waals surface area contributed by atoms with E-state index in [0.29, 0.717) is 11.1 Å². The van der Waals surface area contributed by atoms with Crippen LogP contribution in [0, 0.1) is 31.1 Å². The van der Waals surface area contributed by atoms with Crippen molar-refractivity contribution >= 4 is 17.7 Å². The van der Waals surface area contributed by atoms with E-state index in [1.807, 2.05) is 32.0 Å². The number of ketones is 1. The molecule has 1 N–H and O–H groups in total. The van der Waals surface area contributed by atoms with Crippen LogP contribution in [0.5, 0.6) is 0 Å². The second-order valence-corrected chi connectivity index (χ2v) is 8.13. The van der Waals surface area contributed by atoms with Gasteiger partial charge in [0.2, 0.25) is 5.91 Å². The maximum Gasteiger partial charge on any atom is 0.338 e. The van der Waals surface area contributed by atoms with Crippen LogP contribution in [0.25, 0.3) is 0 Å². The molecule has 2 aromatic carbocycles. The molecule has 7 nitrogen and oxygen atoms in total. The van der Waals surface area contributed by atoms with Crippen LogP contribution in [0.4, 0.5) is 0 Å². The lowest BCUT2D eigenvalue weighted by atomic mass is 9.83. The van der Waals surface area contributed by atoms with Gasteiger partial charge in [0.1, 0.15) is 5.92 Å². The van der Waals surface area contributed by atoms with E-state index in [4.69, 9.17) is 4.74 Å². The van der Waals surface area contributed by atoms with Gasteiger partial charge in [0.05, 0.1) is 23.8 Å². The second kappa shape index (κ2) is 10.2. The third-order valence-corrected chi connectivity index (χ3v) is 5.72. The smallest absolute Gasteiger partial charge is 0.338 e. The maximum atomic E-state index is 13.2. The zero-order chi connectivity index (χ0) is 24.1. The van der Waals surface area contributed by atoms with Crippen molar-refractivity contribution in [1.82, 2.24) is 4.90 Å². The number of aliphatic hydroxyl groups is 1. The summed E-state index contributed by atoms with van der Waals surface area (Å²) in [6, 6.07) is 15.7. The number of amides is 1. The molecule has 0 bridgehead atoms. The molecule has 0 radical (unpaired) electrons. The average Bonchev–Trinajstić information content (AvgIpc) is 2.79. The van der Waals surface area contributed by atoms with E-state index in [0.717, 1.165) is 16.0 Å². The molecule has 170 valence electrons. The first-order valence-corrected chi connectivity index (χ1v) is 10.7. The van der Waals surface area contributed by atoms with Gasteiger partial charge in [0, 0.05) is 12.1 Å². The van der Waals surface area contributed by atoms with Gasteiger partial charge >= 0.3 is 5.97 Å². The molecule has 0 unspecified atom stereocenters. The normalized spacial score (nSPS) is 18.2. The summed E-state index contributed by atoms with van der Waals surface area (Å²) in [5.74, 6) is -2.66. The molecule has 0 spiro atoms. The number of aliphatic hydroxyl groups excluding tert-OH is 1. The van der Waals surface area contributed by atoms with Gasteiger partial charge in [-0.1, -0.05) is 47.5 Å². The van der Waals surface area contributed by atoms with Gasteiger partial charge in [-0.3, -0.25) is 9.59 Å². The van der Waals surface area contributed by atoms with Crippen LogP contribution >= 0.6 is 0 Å². The third kappa shape index (κ3) is 5.18. The van der Waals surface area contributed by atoms with Gasteiger partial charge in [-0.2, -0.15) is 5.26 Å². The van der Waals surface area contributed by atoms with E-state index in [2.05, 4.69) is 0 Å². The molecule has 0 aromatic heterocycles. The number of rotatable bonds is 7. The Morgan fingerprint density at radius 2 is 1.55 bits per heavy atom. The summed E-state index contributed by atoms with van der Waals surface area (Å²) in [6.45, 7) is 5.38. The predicted octanol–water partition coefficient (Wildman–Crippen LogP) is 3.35. The first kappa shape index (κ1) is 23.9. The van der Waals surface area contributed by atoms with Crippen LogP contribution in [-0.4, -0.2) is 47.0 Å². The molecule has 0 saturated carbocycles. The van der Waals surface area contributed by atoms with Crippen molar-refractivity contribution in [2.24, 2.45) is 5.92 Å². The predicted molar refractivity (Wildman–Crippen MR) is 121 cm³/mol. The topological polar surface area (TPSA) is 108 Å². The minimum atomic E-state index is -1.45. The lowest BCUT2D eigenvalue weighted by Gasteiger charge is -2.36. The molecule has 2 aromatic rings. The van der Waals surface area contributed by atoms with Crippen molar-refractivity contribution < 1.29 is 24.2 Å². The Hall–Kier alpha value is -3.76. The fraction of sp³-hybridized carbons (Fsp3) is 0.308. The highest BCUT2D eigenvalue weighted by atomic mass is 16.5. The number of nitrogens with zero attached hydrogens (tertiary/aromatic N) is 2. The molecule has 33 heavy (non-hydrogen) atoms. The largest absolute Gasteiger partial charge is 0.462 e. The number of Topliss-reactive ketones (excluding diaryl/α,β-unsaturated/α-hetero) is 1. The first-order valence-electron chi connectivity index (χ1n) is 10.7. The number of esters is 1. The van der Waals surface area contributed by atoms with Gasteiger partial charge < -0.3 is 14.7 Å². The highest BCUT2D eigenvalue weighted by Crippen LogP contribution is 2.31. The molecule has 7 heteroatoms. The highest BCUT2D eigenvalue weighted by Gasteiger charge is 2.42. The average molecular weight is 447 g/mol. The van der Waals surface area contributed by atoms with Crippen molar-refractivity contribution in [1.29, 1.82) is 5.26 Å². The van der Waals surface area contributed by atoms with E-state index in [-0.39, 0.29) is 30.7 Å². The van der Waals surface area contributed by atoms with E-state index in [9.17, 15) is 24.8 Å². The lowest BCUT2D eigenvalue weighted by Crippen LogP contribution is -2.51. The van der Waals surface area contributed by atoms with Crippen molar-refractivity contribution in [2.75, 3.05) is 13.2 Å². The SMILES string of the molecule is CC1=C(C#N)[C@H](O)N(CCCOC(=O)c2ccc(C)cc2)C(=O)[C@H]1C(=O)c1ccc(C)cc1. The summed E-state index contributed by atoms with van der Waals surface area (Å²) >= 11 is 0. The number of aryl methyl sites for hydroxylation is 2. The van der Waals surface area contributed by atoms with E-state index in [1.165, 1.54) is 6.92 Å². The van der Waals surface area contributed by atoms with Crippen molar-refractivity contribution in [3.05, 3.63) is 81.9 Å². The van der Waals surface area contributed by atoms with Crippen LogP contribution in [-0.2, 0) is 9.53 Å². The zero-order valence-electron chi connectivity index (χ0n) is 18.9. The molecule has 1 aliphatic rings. The van der Waals surface area contributed by atoms with Crippen LogP contribution in [0.15, 0.2) is 59.7 Å². The molecule has 0 saturated heterocycles. The highest BCUT2D eigenvalue weighted by molar-refractivity contribution is 6.13. The minimum Gasteiger partial charge on any atom is -0.462 e. The van der Waals surface area contributed by atoms with E-state index < -0.39 is 29.8 Å². The van der Waals surface area contributed by atoms with Gasteiger partial charge in [0.25, 0.3) is 0 Å². The van der Waals surface area contributed by atoms with E-state index in [1.54, 1.807) is 36.4 Å². The van der Waals surface area contributed by atoms with Gasteiger partial charge in [-0.15, -0.1) is 0 Å². The maximum absolute atomic E-state index is 13.2. The Bertz CT molecular complexity index is 1130. The van der Waals surface area contributed by atoms with Crippen molar-refractivity contribution in [3.8, 4) is 6.07 Å². The van der Waals surface area contributed by atoms with Gasteiger partial charge in [0.15, 0.2) is 12.0 Å². The van der Waals surface area contributed by atoms with Crippen LogP contribution in [0.1, 0.15) is 45.2 Å². The van der Waals surface area contributed by atoms with Crippen LogP contribution < -0.4 is 0 Å². The number of carbonyl (C=O) groups excluding carboxylic acids is 3. The summed E-state index contributed by atoms with van der Waals surface area (Å²) in [5.41, 5.74) is 3.02. The molecule has 0 aliphatic carbocycles. The van der Waals surface area contributed by atoms with Gasteiger partial charge in [-0.25, -0.2) is 4.79 Å². The molecular formula is C26H26N2O5. The fourth-order valence-electron chi connectivity index (χ4n) is 3.73. The van der Waals surface area contributed by atoms with Crippen LogP contribution in [0.3, 0.4) is 0 Å². The number of benzene rings is 2. The van der Waals surface area contributed by atoms with E-state index >= 15 is 0 Å². The molecule has 1 heterocycles. The molecule has 3 rings (SSSR count). The Morgan fingerprint density at radius 1 is 1.00 bits per heavy atom. The summed E-state index contributed by atoms with van der Waals surface area (Å²) < 4.78 is 5.26. The number of carbonyl (C=O) groups is 3. The van der Waals surface area contributed by atoms with Gasteiger partial charge in [-0.05, 0) is 44.9 Å². The number of hydrogen-bond donors (Lipinski definition) is 1. The number of hydrogen-bond acceptors (Lipinski definition) is 6. The molecule has 2 atom stereocenters. The zero-order valence-corrected chi connectivity index (χ0v) is 18.9. The van der Waals surface area contributed by atoms with Crippen LogP contribution in [0.2, 0.25) is 0 Å². The molecule has 0 fully saturated rings. The Morgan fingerprint density at radius 3 is 2.09 bits per heavy atom.